The van der Waals surface area contributed by atoms with Crippen LogP contribution in [0.1, 0.15) is 21.5 Å². The van der Waals surface area contributed by atoms with Crippen molar-refractivity contribution in [2.75, 3.05) is 5.75 Å². The van der Waals surface area contributed by atoms with Crippen molar-refractivity contribution in [1.29, 1.82) is 0 Å². The Morgan fingerprint density at radius 2 is 1.69 bits per heavy atom. The summed E-state index contributed by atoms with van der Waals surface area (Å²) in [6.45, 7) is 3.61. The van der Waals surface area contributed by atoms with Crippen molar-refractivity contribution in [3.8, 4) is 0 Å². The number of aryl methyl sites for hydroxylation is 2. The number of ketones is 1. The zero-order valence-corrected chi connectivity index (χ0v) is 9.71. The Hall–Kier alpha value is -0.970. The highest BCUT2D eigenvalue weighted by Gasteiger charge is 2.29. The summed E-state index contributed by atoms with van der Waals surface area (Å²) in [5.41, 5.74) is -2.26. The molecule has 0 saturated carbocycles. The van der Waals surface area contributed by atoms with Gasteiger partial charge in [-0.15, -0.1) is 0 Å². The van der Waals surface area contributed by atoms with Crippen molar-refractivity contribution in [3.05, 3.63) is 34.9 Å². The molecule has 0 unspecified atom stereocenters. The van der Waals surface area contributed by atoms with Gasteiger partial charge in [0.1, 0.15) is 0 Å². The second-order valence-electron chi connectivity index (χ2n) is 3.53. The Labute approximate surface area is 96.0 Å². The van der Waals surface area contributed by atoms with Crippen molar-refractivity contribution in [1.82, 2.24) is 0 Å². The molecule has 0 radical (unpaired) electrons. The molecule has 1 aromatic rings. The Balaban J connectivity index is 2.73. The number of hydrogen-bond donors (Lipinski definition) is 0. The lowest BCUT2D eigenvalue weighted by molar-refractivity contribution is -0.0327. The summed E-state index contributed by atoms with van der Waals surface area (Å²) in [5, 5.41) is 0. The van der Waals surface area contributed by atoms with Gasteiger partial charge in [0.15, 0.2) is 5.78 Å². The fourth-order valence-corrected chi connectivity index (χ4v) is 1.83. The van der Waals surface area contributed by atoms with Gasteiger partial charge in [-0.3, -0.25) is 4.79 Å². The molecular weight excluding hydrogens is 237 g/mol. The normalized spacial score (nSPS) is 11.6. The number of rotatable bonds is 3. The minimum absolute atomic E-state index is 0.301. The van der Waals surface area contributed by atoms with Gasteiger partial charge in [0, 0.05) is 5.56 Å². The maximum atomic E-state index is 11.9. The Morgan fingerprint density at radius 3 is 2.12 bits per heavy atom. The number of hydrogen-bond acceptors (Lipinski definition) is 2. The van der Waals surface area contributed by atoms with Crippen molar-refractivity contribution >= 4 is 17.5 Å². The first kappa shape index (κ1) is 13.1. The van der Waals surface area contributed by atoms with Crippen LogP contribution in [-0.2, 0) is 0 Å². The average Bonchev–Trinajstić information content (AvgIpc) is 2.11. The molecular formula is C11H11F3OS. The smallest absolute Gasteiger partial charge is 0.293 e. The third-order valence-corrected chi connectivity index (χ3v) is 2.64. The van der Waals surface area contributed by atoms with Crippen LogP contribution >= 0.6 is 11.8 Å². The molecule has 0 atom stereocenters. The molecule has 1 nitrogen and oxygen atoms in total. The fourth-order valence-electron chi connectivity index (χ4n) is 1.37. The van der Waals surface area contributed by atoms with Crippen LogP contribution in [0, 0.1) is 13.8 Å². The van der Waals surface area contributed by atoms with Crippen LogP contribution in [0.2, 0.25) is 0 Å². The molecule has 16 heavy (non-hydrogen) atoms. The molecule has 1 rings (SSSR count). The van der Waals surface area contributed by atoms with Gasteiger partial charge in [-0.1, -0.05) is 17.2 Å². The lowest BCUT2D eigenvalue weighted by Gasteiger charge is -2.06. The lowest BCUT2D eigenvalue weighted by Crippen LogP contribution is -2.09. The predicted octanol–water partition coefficient (Wildman–Crippen LogP) is 3.74. The Kier molecular flexibility index (Phi) is 4.02. The quantitative estimate of drug-likeness (QED) is 0.758. The maximum absolute atomic E-state index is 11.9. The van der Waals surface area contributed by atoms with Crippen LogP contribution in [0.5, 0.6) is 0 Å². The third kappa shape index (κ3) is 4.26. The number of halogens is 3. The molecule has 0 aliphatic heterocycles. The minimum atomic E-state index is -4.35. The Bertz CT molecular complexity index is 378. The minimum Gasteiger partial charge on any atom is -0.293 e. The molecule has 0 bridgehead atoms. The van der Waals surface area contributed by atoms with Crippen LogP contribution in [0.4, 0.5) is 13.2 Å². The fraction of sp³-hybridized carbons (Fsp3) is 0.364. The van der Waals surface area contributed by atoms with Crippen LogP contribution in [0.15, 0.2) is 18.2 Å². The van der Waals surface area contributed by atoms with E-state index >= 15 is 0 Å². The zero-order valence-electron chi connectivity index (χ0n) is 8.89. The number of thioether (sulfide) groups is 1. The maximum Gasteiger partial charge on any atom is 0.442 e. The van der Waals surface area contributed by atoms with Crippen molar-refractivity contribution in [2.24, 2.45) is 0 Å². The van der Waals surface area contributed by atoms with Gasteiger partial charge in [0.2, 0.25) is 0 Å². The SMILES string of the molecule is Cc1cc(C)cc(C(=O)CSC(F)(F)F)c1. The largest absolute Gasteiger partial charge is 0.442 e. The van der Waals surface area contributed by atoms with Gasteiger partial charge in [0.05, 0.1) is 5.75 Å². The van der Waals surface area contributed by atoms with E-state index in [9.17, 15) is 18.0 Å². The monoisotopic (exact) mass is 248 g/mol. The number of alkyl halides is 3. The molecule has 0 fully saturated rings. The molecule has 0 N–H and O–H groups in total. The molecule has 0 aromatic heterocycles. The van der Waals surface area contributed by atoms with Crippen molar-refractivity contribution < 1.29 is 18.0 Å². The highest BCUT2D eigenvalue weighted by atomic mass is 32.2. The second-order valence-corrected chi connectivity index (χ2v) is 4.57. The van der Waals surface area contributed by atoms with Crippen LogP contribution in [0.3, 0.4) is 0 Å². The number of carbonyl (C=O) groups is 1. The van der Waals surface area contributed by atoms with Gasteiger partial charge < -0.3 is 0 Å². The van der Waals surface area contributed by atoms with E-state index in [4.69, 9.17) is 0 Å². The number of benzene rings is 1. The summed E-state index contributed by atoms with van der Waals surface area (Å²) in [4.78, 5) is 11.5. The summed E-state index contributed by atoms with van der Waals surface area (Å²) < 4.78 is 35.7. The van der Waals surface area contributed by atoms with Gasteiger partial charge in [-0.25, -0.2) is 0 Å². The summed E-state index contributed by atoms with van der Waals surface area (Å²) in [5.74, 6) is -1.05. The van der Waals surface area contributed by atoms with E-state index in [-0.39, 0.29) is 11.8 Å². The summed E-state index contributed by atoms with van der Waals surface area (Å²) in [6, 6.07) is 5.08. The number of carbonyl (C=O) groups excluding carboxylic acids is 1. The first-order chi connectivity index (χ1) is 7.28. The molecule has 0 saturated heterocycles. The summed E-state index contributed by atoms with van der Waals surface area (Å²) >= 11 is -0.301. The Morgan fingerprint density at radius 1 is 1.19 bits per heavy atom. The molecule has 88 valence electrons. The first-order valence-corrected chi connectivity index (χ1v) is 5.59. The highest BCUT2D eigenvalue weighted by molar-refractivity contribution is 8.00. The second kappa shape index (κ2) is 4.91. The topological polar surface area (TPSA) is 17.1 Å². The van der Waals surface area contributed by atoms with Gasteiger partial charge in [-0.2, -0.15) is 13.2 Å². The summed E-state index contributed by atoms with van der Waals surface area (Å²) in [6.07, 6.45) is 0. The van der Waals surface area contributed by atoms with E-state index in [0.29, 0.717) is 5.56 Å². The van der Waals surface area contributed by atoms with E-state index in [2.05, 4.69) is 0 Å². The van der Waals surface area contributed by atoms with Crippen molar-refractivity contribution in [3.63, 3.8) is 0 Å². The van der Waals surface area contributed by atoms with Gasteiger partial charge in [0.25, 0.3) is 0 Å². The molecule has 0 amide bonds. The predicted molar refractivity (Wildman–Crippen MR) is 58.8 cm³/mol. The van der Waals surface area contributed by atoms with E-state index in [1.54, 1.807) is 26.0 Å². The molecule has 0 spiro atoms. The molecule has 0 heterocycles. The van der Waals surface area contributed by atoms with Crippen LogP contribution < -0.4 is 0 Å². The van der Waals surface area contributed by atoms with Crippen LogP contribution in [0.25, 0.3) is 0 Å². The molecule has 0 aliphatic rings. The first-order valence-electron chi connectivity index (χ1n) is 4.60. The van der Waals surface area contributed by atoms with Crippen LogP contribution in [-0.4, -0.2) is 17.0 Å². The zero-order chi connectivity index (χ0) is 12.3. The van der Waals surface area contributed by atoms with E-state index in [0.717, 1.165) is 11.1 Å². The molecule has 1 aromatic carbocycles. The van der Waals surface area contributed by atoms with Gasteiger partial charge in [-0.05, 0) is 37.7 Å². The van der Waals surface area contributed by atoms with E-state index in [1.165, 1.54) is 0 Å². The highest BCUT2D eigenvalue weighted by Crippen LogP contribution is 2.30. The summed E-state index contributed by atoms with van der Waals surface area (Å²) in [7, 11) is 0. The standard InChI is InChI=1S/C11H11F3OS/c1-7-3-8(2)5-9(4-7)10(15)6-16-11(12,13)14/h3-5H,6H2,1-2H3. The molecule has 5 heteroatoms. The average molecular weight is 248 g/mol. The molecule has 0 aliphatic carbocycles. The van der Waals surface area contributed by atoms with Crippen molar-refractivity contribution in [2.45, 2.75) is 19.4 Å². The lowest BCUT2D eigenvalue weighted by atomic mass is 10.1. The van der Waals surface area contributed by atoms with Gasteiger partial charge >= 0.3 is 5.51 Å². The number of Topliss-reactive ketones (excluding diaryl/α,β-unsaturated/α-hetero) is 1. The third-order valence-electron chi connectivity index (χ3n) is 1.91. The van der Waals surface area contributed by atoms with E-state index < -0.39 is 17.0 Å². The van der Waals surface area contributed by atoms with E-state index in [1.807, 2.05) is 6.07 Å².